The Morgan fingerprint density at radius 3 is 2.65 bits per heavy atom. The minimum Gasteiger partial charge on any atom is -0.357 e. The van der Waals surface area contributed by atoms with Crippen LogP contribution in [0.25, 0.3) is 10.8 Å². The van der Waals surface area contributed by atoms with Gasteiger partial charge in [-0.2, -0.15) is 0 Å². The van der Waals surface area contributed by atoms with Gasteiger partial charge in [0.2, 0.25) is 0 Å². The summed E-state index contributed by atoms with van der Waals surface area (Å²) in [6.45, 7) is 7.67. The van der Waals surface area contributed by atoms with E-state index < -0.39 is 0 Å². The van der Waals surface area contributed by atoms with Gasteiger partial charge in [-0.25, -0.2) is 4.99 Å². The molecule has 4 heteroatoms. The number of hydrogen-bond donors (Lipinski definition) is 2. The standard InChI is InChI=1S/C22H26N4/c1-4-23-22(25-15-21-16(2)8-7-13-24-21)26-17(3)19-12-11-18-9-5-6-10-20(18)14-19/h5-14,17H,4,15H2,1-3H3,(H2,23,25,26). The van der Waals surface area contributed by atoms with E-state index in [2.05, 4.69) is 84.9 Å². The molecule has 0 saturated heterocycles. The minimum atomic E-state index is 0.155. The molecule has 1 atom stereocenters. The zero-order valence-corrected chi connectivity index (χ0v) is 15.7. The van der Waals surface area contributed by atoms with E-state index in [1.807, 2.05) is 12.3 Å². The summed E-state index contributed by atoms with van der Waals surface area (Å²) in [5, 5.41) is 9.33. The van der Waals surface area contributed by atoms with Gasteiger partial charge in [0.15, 0.2) is 5.96 Å². The maximum absolute atomic E-state index is 4.70. The van der Waals surface area contributed by atoms with E-state index in [-0.39, 0.29) is 6.04 Å². The molecule has 3 rings (SSSR count). The van der Waals surface area contributed by atoms with Crippen molar-refractivity contribution in [1.82, 2.24) is 15.6 Å². The summed E-state index contributed by atoms with van der Waals surface area (Å²) in [7, 11) is 0. The molecule has 0 aliphatic heterocycles. The first kappa shape index (κ1) is 17.9. The molecule has 26 heavy (non-hydrogen) atoms. The van der Waals surface area contributed by atoms with Crippen molar-refractivity contribution in [1.29, 1.82) is 0 Å². The molecule has 0 bridgehead atoms. The fourth-order valence-electron chi connectivity index (χ4n) is 2.92. The Morgan fingerprint density at radius 1 is 1.08 bits per heavy atom. The van der Waals surface area contributed by atoms with Crippen molar-refractivity contribution < 1.29 is 0 Å². The normalized spacial score (nSPS) is 12.8. The molecule has 2 aromatic carbocycles. The van der Waals surface area contributed by atoms with Crippen LogP contribution in [0.1, 0.15) is 36.7 Å². The number of aryl methyl sites for hydroxylation is 1. The van der Waals surface area contributed by atoms with Gasteiger partial charge < -0.3 is 10.6 Å². The minimum absolute atomic E-state index is 0.155. The lowest BCUT2D eigenvalue weighted by atomic mass is 10.0. The number of aliphatic imine (C=N–C) groups is 1. The number of nitrogens with zero attached hydrogens (tertiary/aromatic N) is 2. The molecule has 0 radical (unpaired) electrons. The lowest BCUT2D eigenvalue weighted by Gasteiger charge is -2.19. The predicted octanol–water partition coefficient (Wildman–Crippen LogP) is 4.36. The Balaban J connectivity index is 1.75. The van der Waals surface area contributed by atoms with Crippen molar-refractivity contribution in [3.05, 3.63) is 77.6 Å². The lowest BCUT2D eigenvalue weighted by molar-refractivity contribution is 0.686. The van der Waals surface area contributed by atoms with Gasteiger partial charge in [-0.15, -0.1) is 0 Å². The van der Waals surface area contributed by atoms with Gasteiger partial charge in [-0.3, -0.25) is 4.98 Å². The number of guanidine groups is 1. The predicted molar refractivity (Wildman–Crippen MR) is 109 cm³/mol. The van der Waals surface area contributed by atoms with Crippen LogP contribution in [0.2, 0.25) is 0 Å². The van der Waals surface area contributed by atoms with Crippen molar-refractivity contribution >= 4 is 16.7 Å². The highest BCUT2D eigenvalue weighted by atomic mass is 15.2. The number of rotatable bonds is 5. The topological polar surface area (TPSA) is 49.3 Å². The molecule has 4 nitrogen and oxygen atoms in total. The largest absolute Gasteiger partial charge is 0.357 e. The lowest BCUT2D eigenvalue weighted by Crippen LogP contribution is -2.38. The zero-order chi connectivity index (χ0) is 18.4. The first-order valence-electron chi connectivity index (χ1n) is 9.11. The molecule has 0 fully saturated rings. The first-order valence-corrected chi connectivity index (χ1v) is 9.11. The molecule has 2 N–H and O–H groups in total. The molecule has 0 saturated carbocycles. The Bertz CT molecular complexity index is 901. The van der Waals surface area contributed by atoms with Crippen LogP contribution < -0.4 is 10.6 Å². The van der Waals surface area contributed by atoms with Crippen LogP contribution in [-0.2, 0) is 6.54 Å². The molecule has 1 unspecified atom stereocenters. The van der Waals surface area contributed by atoms with Gasteiger partial charge in [-0.05, 0) is 54.8 Å². The maximum atomic E-state index is 4.70. The smallest absolute Gasteiger partial charge is 0.192 e. The van der Waals surface area contributed by atoms with Crippen LogP contribution in [-0.4, -0.2) is 17.5 Å². The Kier molecular flexibility index (Phi) is 5.84. The highest BCUT2D eigenvalue weighted by molar-refractivity contribution is 5.84. The van der Waals surface area contributed by atoms with Crippen molar-refractivity contribution in [2.75, 3.05) is 6.54 Å². The summed E-state index contributed by atoms with van der Waals surface area (Å²) in [5.74, 6) is 0.804. The van der Waals surface area contributed by atoms with E-state index in [1.54, 1.807) is 0 Å². The average molecular weight is 346 g/mol. The molecule has 0 spiro atoms. The number of nitrogens with one attached hydrogen (secondary N) is 2. The number of hydrogen-bond acceptors (Lipinski definition) is 2. The van der Waals surface area contributed by atoms with Gasteiger partial charge in [-0.1, -0.05) is 42.5 Å². The quantitative estimate of drug-likeness (QED) is 0.533. The number of benzene rings is 2. The van der Waals surface area contributed by atoms with E-state index in [9.17, 15) is 0 Å². The second-order valence-corrected chi connectivity index (χ2v) is 6.43. The fraction of sp³-hybridized carbons (Fsp3) is 0.273. The van der Waals surface area contributed by atoms with Crippen molar-refractivity contribution in [3.63, 3.8) is 0 Å². The zero-order valence-electron chi connectivity index (χ0n) is 15.7. The summed E-state index contributed by atoms with van der Waals surface area (Å²) in [6, 6.07) is 19.2. The maximum Gasteiger partial charge on any atom is 0.192 e. The van der Waals surface area contributed by atoms with Crippen LogP contribution in [0, 0.1) is 6.92 Å². The molecule has 3 aromatic rings. The highest BCUT2D eigenvalue weighted by Crippen LogP contribution is 2.20. The summed E-state index contributed by atoms with van der Waals surface area (Å²) < 4.78 is 0. The Morgan fingerprint density at radius 2 is 1.88 bits per heavy atom. The summed E-state index contributed by atoms with van der Waals surface area (Å²) in [5.41, 5.74) is 3.40. The van der Waals surface area contributed by atoms with Gasteiger partial charge in [0.25, 0.3) is 0 Å². The first-order chi connectivity index (χ1) is 12.7. The molecule has 134 valence electrons. The summed E-state index contributed by atoms with van der Waals surface area (Å²) >= 11 is 0. The molecule has 0 aliphatic rings. The van der Waals surface area contributed by atoms with E-state index in [0.29, 0.717) is 6.54 Å². The third-order valence-electron chi connectivity index (χ3n) is 4.48. The Labute approximate surface area is 155 Å². The van der Waals surface area contributed by atoms with Crippen LogP contribution >= 0.6 is 0 Å². The van der Waals surface area contributed by atoms with E-state index in [1.165, 1.54) is 16.3 Å². The second kappa shape index (κ2) is 8.48. The van der Waals surface area contributed by atoms with Crippen LogP contribution in [0.3, 0.4) is 0 Å². The van der Waals surface area contributed by atoms with Crippen LogP contribution in [0.5, 0.6) is 0 Å². The van der Waals surface area contributed by atoms with Crippen LogP contribution in [0.4, 0.5) is 0 Å². The Hall–Kier alpha value is -2.88. The van der Waals surface area contributed by atoms with E-state index >= 15 is 0 Å². The van der Waals surface area contributed by atoms with Crippen molar-refractivity contribution in [2.24, 2.45) is 4.99 Å². The van der Waals surface area contributed by atoms with Crippen molar-refractivity contribution in [2.45, 2.75) is 33.4 Å². The third-order valence-corrected chi connectivity index (χ3v) is 4.48. The molecule has 0 aliphatic carbocycles. The van der Waals surface area contributed by atoms with Gasteiger partial charge in [0.05, 0.1) is 18.3 Å². The van der Waals surface area contributed by atoms with Gasteiger partial charge in [0, 0.05) is 12.7 Å². The fourth-order valence-corrected chi connectivity index (χ4v) is 2.92. The average Bonchev–Trinajstić information content (AvgIpc) is 2.67. The van der Waals surface area contributed by atoms with E-state index in [4.69, 9.17) is 4.99 Å². The number of fused-ring (bicyclic) bond motifs is 1. The monoisotopic (exact) mass is 346 g/mol. The molecule has 1 aromatic heterocycles. The van der Waals surface area contributed by atoms with Crippen LogP contribution in [0.15, 0.2) is 65.8 Å². The molecule has 1 heterocycles. The van der Waals surface area contributed by atoms with Gasteiger partial charge >= 0.3 is 0 Å². The van der Waals surface area contributed by atoms with Gasteiger partial charge in [0.1, 0.15) is 0 Å². The number of aromatic nitrogens is 1. The molecular formula is C22H26N4. The molecular weight excluding hydrogens is 320 g/mol. The summed E-state index contributed by atoms with van der Waals surface area (Å²) in [6.07, 6.45) is 1.82. The number of pyridine rings is 1. The second-order valence-electron chi connectivity index (χ2n) is 6.43. The SMILES string of the molecule is CCNC(=NCc1ncccc1C)NC(C)c1ccc2ccccc2c1. The van der Waals surface area contributed by atoms with Crippen molar-refractivity contribution in [3.8, 4) is 0 Å². The summed E-state index contributed by atoms with van der Waals surface area (Å²) in [4.78, 5) is 9.12. The third kappa shape index (κ3) is 4.39. The molecule has 0 amide bonds. The highest BCUT2D eigenvalue weighted by Gasteiger charge is 2.09. The van der Waals surface area contributed by atoms with E-state index in [0.717, 1.165) is 23.8 Å².